The van der Waals surface area contributed by atoms with Crippen molar-refractivity contribution in [2.45, 2.75) is 26.8 Å². The summed E-state index contributed by atoms with van der Waals surface area (Å²) in [5, 5.41) is 0. The van der Waals surface area contributed by atoms with Crippen LogP contribution in [0.5, 0.6) is 0 Å². The number of carbonyl (C=O) groups is 1. The van der Waals surface area contributed by atoms with Gasteiger partial charge in [-0.2, -0.15) is 0 Å². The maximum Gasteiger partial charge on any atom is 0.239 e. The monoisotopic (exact) mass is 214 g/mol. The predicted octanol–water partition coefficient (Wildman–Crippen LogP) is 0.465. The molecule has 2 N–H and O–H groups in total. The zero-order valence-corrected chi connectivity index (χ0v) is 9.90. The van der Waals surface area contributed by atoms with Gasteiger partial charge in [-0.05, 0) is 19.8 Å². The van der Waals surface area contributed by atoms with Gasteiger partial charge < -0.3 is 15.4 Å². The van der Waals surface area contributed by atoms with Crippen LogP contribution in [0.4, 0.5) is 0 Å². The first-order valence-electron chi connectivity index (χ1n) is 5.68. The zero-order chi connectivity index (χ0) is 11.4. The van der Waals surface area contributed by atoms with Crippen LogP contribution >= 0.6 is 0 Å². The van der Waals surface area contributed by atoms with E-state index in [4.69, 9.17) is 10.5 Å². The Bertz CT molecular complexity index is 219. The Balaban J connectivity index is 2.44. The molecule has 3 atom stereocenters. The molecule has 0 saturated carbocycles. The van der Waals surface area contributed by atoms with E-state index in [9.17, 15) is 4.79 Å². The minimum Gasteiger partial charge on any atom is -0.381 e. The fourth-order valence-electron chi connectivity index (χ4n) is 1.99. The molecule has 0 aromatic rings. The second-order valence-corrected chi connectivity index (χ2v) is 4.43. The van der Waals surface area contributed by atoms with Gasteiger partial charge in [0.05, 0.1) is 12.6 Å². The highest BCUT2D eigenvalue weighted by atomic mass is 16.5. The van der Waals surface area contributed by atoms with Crippen LogP contribution < -0.4 is 5.73 Å². The molecule has 0 spiro atoms. The Hall–Kier alpha value is -0.610. The van der Waals surface area contributed by atoms with E-state index in [1.165, 1.54) is 0 Å². The fourth-order valence-corrected chi connectivity index (χ4v) is 1.99. The molecule has 1 aliphatic heterocycles. The van der Waals surface area contributed by atoms with Crippen LogP contribution in [0.3, 0.4) is 0 Å². The minimum atomic E-state index is -0.386. The van der Waals surface area contributed by atoms with Gasteiger partial charge in [-0.3, -0.25) is 4.79 Å². The molecule has 1 fully saturated rings. The Morgan fingerprint density at radius 2 is 2.27 bits per heavy atom. The summed E-state index contributed by atoms with van der Waals surface area (Å²) in [6.07, 6.45) is 0. The molecular formula is C11H22N2O2. The lowest BCUT2D eigenvalue weighted by Crippen LogP contribution is -2.41. The van der Waals surface area contributed by atoms with Crippen molar-refractivity contribution in [2.75, 3.05) is 26.3 Å². The molecule has 0 bridgehead atoms. The molecule has 1 heterocycles. The molecule has 1 aliphatic rings. The quantitative estimate of drug-likeness (QED) is 0.740. The largest absolute Gasteiger partial charge is 0.381 e. The molecule has 4 nitrogen and oxygen atoms in total. The van der Waals surface area contributed by atoms with E-state index >= 15 is 0 Å². The third-order valence-corrected chi connectivity index (χ3v) is 3.01. The van der Waals surface area contributed by atoms with E-state index in [-0.39, 0.29) is 11.9 Å². The predicted molar refractivity (Wildman–Crippen MR) is 59.4 cm³/mol. The number of nitrogens with two attached hydrogens (primary N) is 1. The smallest absolute Gasteiger partial charge is 0.239 e. The number of hydrogen-bond donors (Lipinski definition) is 1. The molecule has 1 amide bonds. The lowest BCUT2D eigenvalue weighted by molar-refractivity contribution is -0.131. The molecule has 0 aromatic heterocycles. The van der Waals surface area contributed by atoms with Crippen molar-refractivity contribution in [3.8, 4) is 0 Å². The van der Waals surface area contributed by atoms with Crippen molar-refractivity contribution in [1.29, 1.82) is 0 Å². The van der Waals surface area contributed by atoms with E-state index in [1.54, 1.807) is 6.92 Å². The summed E-state index contributed by atoms with van der Waals surface area (Å²) in [5.41, 5.74) is 5.58. The Morgan fingerprint density at radius 3 is 2.80 bits per heavy atom. The molecule has 0 aliphatic carbocycles. The summed E-state index contributed by atoms with van der Waals surface area (Å²) in [4.78, 5) is 13.5. The van der Waals surface area contributed by atoms with E-state index in [0.29, 0.717) is 11.8 Å². The summed E-state index contributed by atoms with van der Waals surface area (Å²) < 4.78 is 5.41. The van der Waals surface area contributed by atoms with Crippen molar-refractivity contribution in [3.63, 3.8) is 0 Å². The van der Waals surface area contributed by atoms with Crippen LogP contribution in [0.15, 0.2) is 0 Å². The summed E-state index contributed by atoms with van der Waals surface area (Å²) in [6, 6.07) is -0.386. The number of rotatable bonds is 4. The second-order valence-electron chi connectivity index (χ2n) is 4.43. The molecule has 4 heteroatoms. The lowest BCUT2D eigenvalue weighted by atomic mass is 9.99. The number of hydrogen-bond acceptors (Lipinski definition) is 3. The maximum atomic E-state index is 11.7. The maximum absolute atomic E-state index is 11.7. The fraction of sp³-hybridized carbons (Fsp3) is 0.909. The van der Waals surface area contributed by atoms with Gasteiger partial charge in [-0.15, -0.1) is 0 Å². The van der Waals surface area contributed by atoms with E-state index in [0.717, 1.165) is 26.3 Å². The van der Waals surface area contributed by atoms with E-state index < -0.39 is 0 Å². The number of amides is 1. The SMILES string of the molecule is CCOC[C@@H]1CN(C(=O)[C@H](C)N)C[C@H]1C. The van der Waals surface area contributed by atoms with Gasteiger partial charge >= 0.3 is 0 Å². The molecule has 15 heavy (non-hydrogen) atoms. The Kier molecular flexibility index (Phi) is 4.54. The Morgan fingerprint density at radius 1 is 1.60 bits per heavy atom. The Labute approximate surface area is 91.8 Å². The average molecular weight is 214 g/mol. The number of ether oxygens (including phenoxy) is 1. The van der Waals surface area contributed by atoms with Gasteiger partial charge in [0.2, 0.25) is 5.91 Å². The number of likely N-dealkylation sites (tertiary alicyclic amines) is 1. The summed E-state index contributed by atoms with van der Waals surface area (Å²) >= 11 is 0. The number of nitrogens with zero attached hydrogens (tertiary/aromatic N) is 1. The third kappa shape index (κ3) is 3.18. The van der Waals surface area contributed by atoms with Crippen LogP contribution in [0.2, 0.25) is 0 Å². The summed E-state index contributed by atoms with van der Waals surface area (Å²) in [6.45, 7) is 9.00. The number of carbonyl (C=O) groups excluding carboxylic acids is 1. The topological polar surface area (TPSA) is 55.6 Å². The molecule has 0 radical (unpaired) electrons. The molecule has 0 unspecified atom stereocenters. The van der Waals surface area contributed by atoms with Crippen LogP contribution in [0, 0.1) is 11.8 Å². The highest BCUT2D eigenvalue weighted by Gasteiger charge is 2.33. The second kappa shape index (κ2) is 5.47. The van der Waals surface area contributed by atoms with Crippen LogP contribution in [-0.4, -0.2) is 43.2 Å². The normalized spacial score (nSPS) is 28.1. The van der Waals surface area contributed by atoms with Gasteiger partial charge in [0.25, 0.3) is 0 Å². The van der Waals surface area contributed by atoms with E-state index in [2.05, 4.69) is 6.92 Å². The van der Waals surface area contributed by atoms with Crippen molar-refractivity contribution in [1.82, 2.24) is 4.90 Å². The minimum absolute atomic E-state index is 0.0563. The summed E-state index contributed by atoms with van der Waals surface area (Å²) in [7, 11) is 0. The van der Waals surface area contributed by atoms with Crippen molar-refractivity contribution < 1.29 is 9.53 Å². The first-order chi connectivity index (χ1) is 7.06. The van der Waals surface area contributed by atoms with Crippen molar-refractivity contribution in [3.05, 3.63) is 0 Å². The molecule has 88 valence electrons. The third-order valence-electron chi connectivity index (χ3n) is 3.01. The van der Waals surface area contributed by atoms with Gasteiger partial charge in [0, 0.05) is 25.6 Å². The lowest BCUT2D eigenvalue weighted by Gasteiger charge is -2.18. The first kappa shape index (κ1) is 12.5. The van der Waals surface area contributed by atoms with Gasteiger partial charge in [0.1, 0.15) is 0 Å². The first-order valence-corrected chi connectivity index (χ1v) is 5.68. The van der Waals surface area contributed by atoms with Gasteiger partial charge in [-0.25, -0.2) is 0 Å². The van der Waals surface area contributed by atoms with Crippen molar-refractivity contribution >= 4 is 5.91 Å². The van der Waals surface area contributed by atoms with Crippen LogP contribution in [-0.2, 0) is 9.53 Å². The molecule has 1 saturated heterocycles. The standard InChI is InChI=1S/C11H22N2O2/c1-4-15-7-10-6-13(5-8(10)2)11(14)9(3)12/h8-10H,4-7,12H2,1-3H3/t8-,9+,10+/m1/s1. The molecular weight excluding hydrogens is 192 g/mol. The van der Waals surface area contributed by atoms with Crippen LogP contribution in [0.25, 0.3) is 0 Å². The van der Waals surface area contributed by atoms with Crippen molar-refractivity contribution in [2.24, 2.45) is 17.6 Å². The van der Waals surface area contributed by atoms with Crippen LogP contribution in [0.1, 0.15) is 20.8 Å². The van der Waals surface area contributed by atoms with Gasteiger partial charge in [0.15, 0.2) is 0 Å². The zero-order valence-electron chi connectivity index (χ0n) is 9.90. The highest BCUT2D eigenvalue weighted by Crippen LogP contribution is 2.23. The molecule has 1 rings (SSSR count). The van der Waals surface area contributed by atoms with E-state index in [1.807, 2.05) is 11.8 Å². The van der Waals surface area contributed by atoms with Gasteiger partial charge in [-0.1, -0.05) is 6.92 Å². The highest BCUT2D eigenvalue weighted by molar-refractivity contribution is 5.81. The average Bonchev–Trinajstić information content (AvgIpc) is 2.55. The summed E-state index contributed by atoms with van der Waals surface area (Å²) in [5.74, 6) is 1.03. The molecule has 0 aromatic carbocycles.